The maximum Gasteiger partial charge on any atom is 0.192 e. The van der Waals surface area contributed by atoms with E-state index in [0.717, 1.165) is 0 Å². The van der Waals surface area contributed by atoms with Crippen molar-refractivity contribution in [2.75, 3.05) is 19.5 Å². The van der Waals surface area contributed by atoms with Crippen LogP contribution < -0.4 is 5.73 Å². The second kappa shape index (κ2) is 7.10. The fraction of sp³-hybridized carbons (Fsp3) is 0.706. The van der Waals surface area contributed by atoms with Crippen molar-refractivity contribution < 1.29 is 19.0 Å². The van der Waals surface area contributed by atoms with Crippen LogP contribution in [0.25, 0.3) is 11.2 Å². The van der Waals surface area contributed by atoms with Crippen LogP contribution in [0.4, 0.5) is 5.82 Å². The number of hydrogen-bond acceptors (Lipinski definition) is 8. The van der Waals surface area contributed by atoms with Crippen molar-refractivity contribution in [1.82, 2.24) is 19.5 Å². The molecule has 0 radical (unpaired) electrons. The quantitative estimate of drug-likeness (QED) is 0.735. The Bertz CT molecular complexity index is 806. The first-order chi connectivity index (χ1) is 12.6. The molecule has 4 atom stereocenters. The first-order valence-corrected chi connectivity index (χ1v) is 11.9. The zero-order chi connectivity index (χ0) is 20.0. The van der Waals surface area contributed by atoms with Crippen LogP contribution >= 0.6 is 0 Å². The fourth-order valence-electron chi connectivity index (χ4n) is 2.94. The molecule has 1 saturated heterocycles. The summed E-state index contributed by atoms with van der Waals surface area (Å²) >= 11 is 0. The summed E-state index contributed by atoms with van der Waals surface area (Å²) < 4.78 is 19.6. The first-order valence-electron chi connectivity index (χ1n) is 9.00. The molecule has 0 aliphatic carbocycles. The van der Waals surface area contributed by atoms with Gasteiger partial charge in [-0.25, -0.2) is 15.0 Å². The predicted molar refractivity (Wildman–Crippen MR) is 104 cm³/mol. The highest BCUT2D eigenvalue weighted by Crippen LogP contribution is 2.38. The van der Waals surface area contributed by atoms with Gasteiger partial charge in [-0.1, -0.05) is 20.8 Å². The molecule has 3 heterocycles. The minimum absolute atomic E-state index is 0.0845. The van der Waals surface area contributed by atoms with Gasteiger partial charge in [0.15, 0.2) is 26.0 Å². The predicted octanol–water partition coefficient (Wildman–Crippen LogP) is 1.70. The van der Waals surface area contributed by atoms with E-state index in [1.54, 1.807) is 18.0 Å². The first kappa shape index (κ1) is 20.1. The maximum absolute atomic E-state index is 10.8. The summed E-state index contributed by atoms with van der Waals surface area (Å²) in [4.78, 5) is 12.4. The van der Waals surface area contributed by atoms with Crippen LogP contribution in [0.1, 0.15) is 27.0 Å². The summed E-state index contributed by atoms with van der Waals surface area (Å²) in [5.74, 6) is 0.285. The van der Waals surface area contributed by atoms with E-state index in [1.807, 2.05) is 0 Å². The maximum atomic E-state index is 10.8. The molecular formula is C17H29N5O4Si. The second-order valence-electron chi connectivity index (χ2n) is 8.41. The lowest BCUT2D eigenvalue weighted by Gasteiger charge is -2.37. The lowest BCUT2D eigenvalue weighted by atomic mass is 10.1. The lowest BCUT2D eigenvalue weighted by molar-refractivity contribution is -0.0512. The highest BCUT2D eigenvalue weighted by molar-refractivity contribution is 6.74. The molecule has 2 unspecified atom stereocenters. The summed E-state index contributed by atoms with van der Waals surface area (Å²) in [5.41, 5.74) is 6.83. The van der Waals surface area contributed by atoms with Gasteiger partial charge in [-0.05, 0) is 18.1 Å². The van der Waals surface area contributed by atoms with Gasteiger partial charge in [-0.15, -0.1) is 0 Å². The Balaban J connectivity index is 1.82. The van der Waals surface area contributed by atoms with E-state index in [0.29, 0.717) is 17.8 Å². The lowest BCUT2D eigenvalue weighted by Crippen LogP contribution is -2.45. The summed E-state index contributed by atoms with van der Waals surface area (Å²) in [5, 5.41) is 10.9. The molecule has 27 heavy (non-hydrogen) atoms. The summed E-state index contributed by atoms with van der Waals surface area (Å²) in [6, 6.07) is 0. The Morgan fingerprint density at radius 3 is 2.63 bits per heavy atom. The Kier molecular flexibility index (Phi) is 5.30. The molecule has 0 saturated carbocycles. The van der Waals surface area contributed by atoms with Crippen LogP contribution in [0.15, 0.2) is 12.7 Å². The van der Waals surface area contributed by atoms with Gasteiger partial charge in [0, 0.05) is 7.11 Å². The molecule has 0 aromatic carbocycles. The van der Waals surface area contributed by atoms with E-state index in [9.17, 15) is 5.11 Å². The number of aromatic nitrogens is 4. The number of methoxy groups -OCH3 is 1. The third-order valence-corrected chi connectivity index (χ3v) is 10.2. The normalized spacial score (nSPS) is 26.8. The number of aliphatic hydroxyl groups is 1. The van der Waals surface area contributed by atoms with Crippen LogP contribution in [0.3, 0.4) is 0 Å². The third kappa shape index (κ3) is 3.59. The van der Waals surface area contributed by atoms with E-state index in [2.05, 4.69) is 48.8 Å². The molecule has 1 aliphatic rings. The van der Waals surface area contributed by atoms with E-state index in [4.69, 9.17) is 19.6 Å². The van der Waals surface area contributed by atoms with E-state index < -0.39 is 32.9 Å². The minimum atomic E-state index is -1.95. The Morgan fingerprint density at radius 2 is 2.00 bits per heavy atom. The molecule has 2 aromatic heterocycles. The van der Waals surface area contributed by atoms with Gasteiger partial charge in [0.2, 0.25) is 0 Å². The van der Waals surface area contributed by atoms with Gasteiger partial charge in [-0.2, -0.15) is 0 Å². The summed E-state index contributed by atoms with van der Waals surface area (Å²) in [6.07, 6.45) is 0.409. The van der Waals surface area contributed by atoms with E-state index >= 15 is 0 Å². The molecule has 1 aliphatic heterocycles. The molecule has 1 fully saturated rings. The van der Waals surface area contributed by atoms with Gasteiger partial charge >= 0.3 is 0 Å². The van der Waals surface area contributed by atoms with Crippen molar-refractivity contribution in [2.24, 2.45) is 0 Å². The number of fused-ring (bicyclic) bond motifs is 1. The van der Waals surface area contributed by atoms with E-state index in [-0.39, 0.29) is 10.9 Å². The fourth-order valence-corrected chi connectivity index (χ4v) is 3.95. The molecule has 150 valence electrons. The largest absolute Gasteiger partial charge is 0.414 e. The Hall–Kier alpha value is -1.59. The SMILES string of the molecule is COC1C(O)[C@H](n2cnc3c(N)ncnc32)O[C@@H]1CO[Si](C)(C)C(C)(C)C. The summed E-state index contributed by atoms with van der Waals surface area (Å²) in [6.45, 7) is 11.3. The van der Waals surface area contributed by atoms with E-state index in [1.165, 1.54) is 6.33 Å². The molecule has 3 rings (SSSR count). The van der Waals surface area contributed by atoms with Crippen molar-refractivity contribution in [2.45, 2.75) is 63.4 Å². The van der Waals surface area contributed by atoms with Gasteiger partial charge in [0.25, 0.3) is 0 Å². The van der Waals surface area contributed by atoms with Crippen LogP contribution in [-0.4, -0.2) is 65.0 Å². The van der Waals surface area contributed by atoms with Crippen LogP contribution in [0.2, 0.25) is 18.1 Å². The Morgan fingerprint density at radius 1 is 1.30 bits per heavy atom. The number of nitrogens with two attached hydrogens (primary N) is 1. The van der Waals surface area contributed by atoms with Gasteiger partial charge in [-0.3, -0.25) is 4.57 Å². The second-order valence-corrected chi connectivity index (χ2v) is 13.2. The smallest absolute Gasteiger partial charge is 0.192 e. The van der Waals surface area contributed by atoms with Gasteiger partial charge in [0.05, 0.1) is 12.9 Å². The van der Waals surface area contributed by atoms with Crippen molar-refractivity contribution in [3.63, 3.8) is 0 Å². The highest BCUT2D eigenvalue weighted by atomic mass is 28.4. The average molecular weight is 396 g/mol. The average Bonchev–Trinajstić information content (AvgIpc) is 3.13. The van der Waals surface area contributed by atoms with Crippen molar-refractivity contribution >= 4 is 25.3 Å². The van der Waals surface area contributed by atoms with Crippen molar-refractivity contribution in [3.05, 3.63) is 12.7 Å². The topological polar surface area (TPSA) is 118 Å². The zero-order valence-electron chi connectivity index (χ0n) is 16.7. The number of anilines is 1. The molecule has 0 amide bonds. The van der Waals surface area contributed by atoms with Crippen LogP contribution in [0.5, 0.6) is 0 Å². The van der Waals surface area contributed by atoms with Crippen molar-refractivity contribution in [3.8, 4) is 0 Å². The number of ether oxygens (including phenoxy) is 2. The molecule has 9 nitrogen and oxygen atoms in total. The Labute approximate surface area is 160 Å². The molecule has 0 bridgehead atoms. The molecule has 2 aromatic rings. The highest BCUT2D eigenvalue weighted by Gasteiger charge is 2.47. The number of aliphatic hydroxyl groups excluding tert-OH is 1. The number of hydrogen-bond donors (Lipinski definition) is 2. The van der Waals surface area contributed by atoms with Gasteiger partial charge < -0.3 is 24.7 Å². The number of nitrogen functional groups attached to an aromatic ring is 1. The third-order valence-electron chi connectivity index (χ3n) is 5.66. The standard InChI is InChI=1S/C17H29N5O4Si/c1-17(2,3)27(5,6)25-7-10-13(24-4)12(23)16(26-10)22-9-21-11-14(18)19-8-20-15(11)22/h8-10,12-13,16,23H,7H2,1-6H3,(H2,18,19,20)/t10-,12?,13?,16-/m1/s1. The molecular weight excluding hydrogens is 366 g/mol. The molecule has 0 spiro atoms. The van der Waals surface area contributed by atoms with Gasteiger partial charge in [0.1, 0.15) is 30.2 Å². The number of nitrogens with zero attached hydrogens (tertiary/aromatic N) is 4. The molecule has 10 heteroatoms. The summed E-state index contributed by atoms with van der Waals surface area (Å²) in [7, 11) is -0.389. The number of imidazole rings is 1. The van der Waals surface area contributed by atoms with Crippen LogP contribution in [0, 0.1) is 0 Å². The number of rotatable bonds is 5. The monoisotopic (exact) mass is 395 g/mol. The zero-order valence-corrected chi connectivity index (χ0v) is 17.7. The van der Waals surface area contributed by atoms with Crippen LogP contribution in [-0.2, 0) is 13.9 Å². The molecule has 3 N–H and O–H groups in total. The van der Waals surface area contributed by atoms with Crippen molar-refractivity contribution in [1.29, 1.82) is 0 Å². The minimum Gasteiger partial charge on any atom is -0.414 e.